The molecule has 0 radical (unpaired) electrons. The highest BCUT2D eigenvalue weighted by Gasteiger charge is 2.07. The molecule has 0 fully saturated rings. The molecule has 0 unspecified atom stereocenters. The molecule has 86 valence electrons. The summed E-state index contributed by atoms with van der Waals surface area (Å²) in [6.07, 6.45) is 1.95. The summed E-state index contributed by atoms with van der Waals surface area (Å²) in [4.78, 5) is 12.3. The summed E-state index contributed by atoms with van der Waals surface area (Å²) in [6, 6.07) is 6.34. The Bertz CT molecular complexity index is 695. The van der Waals surface area contributed by atoms with Gasteiger partial charge in [-0.3, -0.25) is 4.98 Å². The van der Waals surface area contributed by atoms with Crippen molar-refractivity contribution in [2.45, 2.75) is 26.7 Å². The van der Waals surface area contributed by atoms with Gasteiger partial charge in [0.25, 0.3) is 0 Å². The van der Waals surface area contributed by atoms with Gasteiger partial charge in [-0.2, -0.15) is 0 Å². The third-order valence-electron chi connectivity index (χ3n) is 3.09. The van der Waals surface area contributed by atoms with E-state index in [-0.39, 0.29) is 0 Å². The van der Waals surface area contributed by atoms with E-state index in [1.807, 2.05) is 13.1 Å². The number of fused-ring (bicyclic) bond motifs is 3. The Labute approximate surface area is 99.9 Å². The van der Waals surface area contributed by atoms with Crippen LogP contribution in [0.1, 0.15) is 31.3 Å². The minimum Gasteiger partial charge on any atom is -0.342 e. The predicted octanol–water partition coefficient (Wildman–Crippen LogP) is 3.54. The van der Waals surface area contributed by atoms with Gasteiger partial charge in [-0.25, -0.2) is 4.98 Å². The molecule has 0 aliphatic heterocycles. The van der Waals surface area contributed by atoms with Gasteiger partial charge in [0.05, 0.1) is 11.0 Å². The monoisotopic (exact) mass is 225 g/mol. The van der Waals surface area contributed by atoms with E-state index in [1.165, 1.54) is 5.39 Å². The fraction of sp³-hybridized carbons (Fsp3) is 0.286. The van der Waals surface area contributed by atoms with Crippen LogP contribution in [0.4, 0.5) is 0 Å². The molecule has 2 heterocycles. The van der Waals surface area contributed by atoms with E-state index < -0.39 is 0 Å². The Morgan fingerprint density at radius 2 is 2.06 bits per heavy atom. The zero-order chi connectivity index (χ0) is 12.0. The molecule has 1 N–H and O–H groups in total. The lowest BCUT2D eigenvalue weighted by Crippen LogP contribution is -1.91. The van der Waals surface area contributed by atoms with E-state index in [9.17, 15) is 0 Å². The molecule has 2 aromatic heterocycles. The van der Waals surface area contributed by atoms with Crippen molar-refractivity contribution < 1.29 is 0 Å². The molecule has 0 aliphatic carbocycles. The normalized spacial score (nSPS) is 11.8. The van der Waals surface area contributed by atoms with E-state index >= 15 is 0 Å². The predicted molar refractivity (Wildman–Crippen MR) is 70.2 cm³/mol. The average molecular weight is 225 g/mol. The standard InChI is InChI=1S/C14H15N3/c1-8(2)13-6-10-4-5-12-14(11(10)7-15-13)17-9(3)16-12/h4-8H,1-3H3,(H,16,17). The molecule has 3 aromatic rings. The number of nitrogens with zero attached hydrogens (tertiary/aromatic N) is 2. The van der Waals surface area contributed by atoms with Crippen molar-refractivity contribution in [2.24, 2.45) is 0 Å². The Balaban J connectivity index is 2.36. The van der Waals surface area contributed by atoms with E-state index in [4.69, 9.17) is 0 Å². The molecule has 0 amide bonds. The molecule has 0 bridgehead atoms. The molecule has 1 aromatic carbocycles. The van der Waals surface area contributed by atoms with Crippen molar-refractivity contribution in [3.05, 3.63) is 35.9 Å². The van der Waals surface area contributed by atoms with Crippen LogP contribution in [-0.4, -0.2) is 15.0 Å². The molecule has 3 nitrogen and oxygen atoms in total. The number of pyridine rings is 1. The van der Waals surface area contributed by atoms with Crippen molar-refractivity contribution in [3.63, 3.8) is 0 Å². The second kappa shape index (κ2) is 3.55. The van der Waals surface area contributed by atoms with Gasteiger partial charge in [-0.05, 0) is 30.4 Å². The summed E-state index contributed by atoms with van der Waals surface area (Å²) in [5.74, 6) is 1.40. The number of aryl methyl sites for hydroxylation is 1. The Morgan fingerprint density at radius 3 is 2.82 bits per heavy atom. The molecule has 3 rings (SSSR count). The lowest BCUT2D eigenvalue weighted by atomic mass is 10.1. The molecule has 0 atom stereocenters. The summed E-state index contributed by atoms with van der Waals surface area (Å²) in [5, 5.41) is 2.37. The highest BCUT2D eigenvalue weighted by molar-refractivity contribution is 6.03. The SMILES string of the molecule is Cc1nc2ccc3cc(C(C)C)ncc3c2[nH]1. The van der Waals surface area contributed by atoms with Crippen LogP contribution in [0.3, 0.4) is 0 Å². The van der Waals surface area contributed by atoms with Gasteiger partial charge in [-0.15, -0.1) is 0 Å². The quantitative estimate of drug-likeness (QED) is 0.688. The first kappa shape index (κ1) is 10.3. The van der Waals surface area contributed by atoms with Crippen molar-refractivity contribution in [1.29, 1.82) is 0 Å². The molecular formula is C14H15N3. The van der Waals surface area contributed by atoms with E-state index in [0.717, 1.165) is 27.9 Å². The molecule has 0 saturated heterocycles. The Morgan fingerprint density at radius 1 is 1.24 bits per heavy atom. The number of hydrogen-bond donors (Lipinski definition) is 1. The second-order valence-electron chi connectivity index (χ2n) is 4.77. The largest absolute Gasteiger partial charge is 0.342 e. The van der Waals surface area contributed by atoms with Crippen LogP contribution in [-0.2, 0) is 0 Å². The number of nitrogens with one attached hydrogen (secondary N) is 1. The van der Waals surface area contributed by atoms with Crippen LogP contribution in [0.25, 0.3) is 21.8 Å². The number of hydrogen-bond acceptors (Lipinski definition) is 2. The second-order valence-corrected chi connectivity index (χ2v) is 4.77. The molecular weight excluding hydrogens is 210 g/mol. The smallest absolute Gasteiger partial charge is 0.104 e. The Kier molecular flexibility index (Phi) is 2.15. The summed E-state index contributed by atoms with van der Waals surface area (Å²) < 4.78 is 0. The van der Waals surface area contributed by atoms with Crippen LogP contribution < -0.4 is 0 Å². The Hall–Kier alpha value is -1.90. The fourth-order valence-corrected chi connectivity index (χ4v) is 2.15. The zero-order valence-corrected chi connectivity index (χ0v) is 10.3. The molecule has 17 heavy (non-hydrogen) atoms. The van der Waals surface area contributed by atoms with Gasteiger partial charge in [0.2, 0.25) is 0 Å². The molecule has 3 heteroatoms. The van der Waals surface area contributed by atoms with Gasteiger partial charge in [0.1, 0.15) is 5.82 Å². The van der Waals surface area contributed by atoms with Gasteiger partial charge >= 0.3 is 0 Å². The first-order chi connectivity index (χ1) is 8.15. The van der Waals surface area contributed by atoms with Crippen molar-refractivity contribution in [1.82, 2.24) is 15.0 Å². The maximum Gasteiger partial charge on any atom is 0.104 e. The summed E-state index contributed by atoms with van der Waals surface area (Å²) >= 11 is 0. The van der Waals surface area contributed by atoms with Gasteiger partial charge in [-0.1, -0.05) is 19.9 Å². The zero-order valence-electron chi connectivity index (χ0n) is 10.3. The third-order valence-corrected chi connectivity index (χ3v) is 3.09. The maximum absolute atomic E-state index is 4.52. The number of H-pyrrole nitrogens is 1. The number of aromatic nitrogens is 3. The van der Waals surface area contributed by atoms with E-state index in [2.05, 4.69) is 47.0 Å². The topological polar surface area (TPSA) is 41.6 Å². The van der Waals surface area contributed by atoms with Crippen molar-refractivity contribution in [2.75, 3.05) is 0 Å². The average Bonchev–Trinajstić information content (AvgIpc) is 2.69. The van der Waals surface area contributed by atoms with E-state index in [1.54, 1.807) is 0 Å². The number of rotatable bonds is 1. The van der Waals surface area contributed by atoms with E-state index in [0.29, 0.717) is 5.92 Å². The van der Waals surface area contributed by atoms with Gasteiger partial charge in [0.15, 0.2) is 0 Å². The lowest BCUT2D eigenvalue weighted by molar-refractivity contribution is 0.826. The van der Waals surface area contributed by atoms with Crippen LogP contribution in [0, 0.1) is 6.92 Å². The maximum atomic E-state index is 4.52. The number of imidazole rings is 1. The van der Waals surface area contributed by atoms with Crippen LogP contribution in [0.15, 0.2) is 24.4 Å². The van der Waals surface area contributed by atoms with Crippen molar-refractivity contribution >= 4 is 21.8 Å². The first-order valence-corrected chi connectivity index (χ1v) is 5.90. The third kappa shape index (κ3) is 1.58. The summed E-state index contributed by atoms with van der Waals surface area (Å²) in [7, 11) is 0. The number of benzene rings is 1. The van der Waals surface area contributed by atoms with Crippen molar-refractivity contribution in [3.8, 4) is 0 Å². The summed E-state index contributed by atoms with van der Waals surface area (Å²) in [5.41, 5.74) is 3.23. The van der Waals surface area contributed by atoms with Gasteiger partial charge < -0.3 is 4.98 Å². The van der Waals surface area contributed by atoms with Crippen LogP contribution in [0.2, 0.25) is 0 Å². The highest BCUT2D eigenvalue weighted by atomic mass is 14.9. The molecule has 0 saturated carbocycles. The van der Waals surface area contributed by atoms with Crippen LogP contribution in [0.5, 0.6) is 0 Å². The van der Waals surface area contributed by atoms with Gasteiger partial charge in [0, 0.05) is 17.3 Å². The minimum atomic E-state index is 0.457. The minimum absolute atomic E-state index is 0.457. The first-order valence-electron chi connectivity index (χ1n) is 5.90. The van der Waals surface area contributed by atoms with Crippen LogP contribution >= 0.6 is 0 Å². The highest BCUT2D eigenvalue weighted by Crippen LogP contribution is 2.25. The molecule has 0 spiro atoms. The summed E-state index contributed by atoms with van der Waals surface area (Å²) in [6.45, 7) is 6.29. The molecule has 0 aliphatic rings. The lowest BCUT2D eigenvalue weighted by Gasteiger charge is -2.06. The fourth-order valence-electron chi connectivity index (χ4n) is 2.15. The number of aromatic amines is 1.